The second-order valence-corrected chi connectivity index (χ2v) is 5.92. The number of carbonyl (C=O) groups excluding carboxylic acids is 2. The molecule has 6 heteroatoms. The van der Waals surface area contributed by atoms with E-state index in [0.717, 1.165) is 12.8 Å². The Balaban J connectivity index is 2.03. The van der Waals surface area contributed by atoms with E-state index < -0.39 is 5.25 Å². The zero-order chi connectivity index (χ0) is 15.2. The lowest BCUT2D eigenvalue weighted by Gasteiger charge is -2.16. The monoisotopic (exact) mass is 311 g/mol. The van der Waals surface area contributed by atoms with Crippen LogP contribution in [-0.2, 0) is 14.3 Å². The Labute approximate surface area is 127 Å². The minimum Gasteiger partial charge on any atom is -0.465 e. The fraction of sp³-hybridized carbons (Fsp3) is 0.467. The second-order valence-electron chi connectivity index (χ2n) is 4.83. The summed E-state index contributed by atoms with van der Waals surface area (Å²) in [6.45, 7) is 2.05. The maximum Gasteiger partial charge on any atom is 0.315 e. The van der Waals surface area contributed by atoms with E-state index in [1.165, 1.54) is 23.9 Å². The van der Waals surface area contributed by atoms with Crippen LogP contribution in [0.4, 0.5) is 4.39 Å². The van der Waals surface area contributed by atoms with Gasteiger partial charge in [0.2, 0.25) is 5.91 Å². The van der Waals surface area contributed by atoms with E-state index in [1.54, 1.807) is 19.1 Å². The van der Waals surface area contributed by atoms with Gasteiger partial charge in [0, 0.05) is 6.04 Å². The summed E-state index contributed by atoms with van der Waals surface area (Å²) in [6, 6.07) is 6.02. The van der Waals surface area contributed by atoms with Crippen LogP contribution in [0.15, 0.2) is 24.3 Å². The van der Waals surface area contributed by atoms with E-state index in [2.05, 4.69) is 5.32 Å². The highest BCUT2D eigenvalue weighted by Gasteiger charge is 2.29. The van der Waals surface area contributed by atoms with E-state index in [0.29, 0.717) is 12.2 Å². The zero-order valence-corrected chi connectivity index (χ0v) is 12.6. The number of benzene rings is 1. The topological polar surface area (TPSA) is 55.4 Å². The molecule has 1 aliphatic carbocycles. The molecule has 1 atom stereocenters. The van der Waals surface area contributed by atoms with E-state index in [9.17, 15) is 14.0 Å². The van der Waals surface area contributed by atoms with Crippen LogP contribution in [0.5, 0.6) is 0 Å². The molecule has 1 aromatic rings. The van der Waals surface area contributed by atoms with E-state index >= 15 is 0 Å². The highest BCUT2D eigenvalue weighted by Crippen LogP contribution is 2.31. The molecule has 0 unspecified atom stereocenters. The summed E-state index contributed by atoms with van der Waals surface area (Å²) < 4.78 is 17.9. The van der Waals surface area contributed by atoms with Gasteiger partial charge < -0.3 is 10.1 Å². The third-order valence-corrected chi connectivity index (χ3v) is 4.23. The van der Waals surface area contributed by atoms with Crippen molar-refractivity contribution in [2.24, 2.45) is 0 Å². The van der Waals surface area contributed by atoms with Crippen molar-refractivity contribution in [3.05, 3.63) is 35.6 Å². The standard InChI is InChI=1S/C15H18FNO3S/c1-2-20-13(18)9-21-14(15(19)17-12-7-8-12)10-3-5-11(16)6-4-10/h3-6,12,14H,2,7-9H2,1H3,(H,17,19)/t14-/m0/s1. The smallest absolute Gasteiger partial charge is 0.315 e. The number of carbonyl (C=O) groups is 2. The lowest BCUT2D eigenvalue weighted by molar-refractivity contribution is -0.139. The third-order valence-electron chi connectivity index (χ3n) is 3.01. The number of halogens is 1. The predicted molar refractivity (Wildman–Crippen MR) is 79.4 cm³/mol. The molecule has 1 N–H and O–H groups in total. The molecule has 0 saturated heterocycles. The quantitative estimate of drug-likeness (QED) is 0.786. The van der Waals surface area contributed by atoms with Crippen molar-refractivity contribution in [3.8, 4) is 0 Å². The number of nitrogens with one attached hydrogen (secondary N) is 1. The molecule has 1 aromatic carbocycles. The molecule has 0 bridgehead atoms. The Morgan fingerprint density at radius 1 is 1.38 bits per heavy atom. The summed E-state index contributed by atoms with van der Waals surface area (Å²) in [6.07, 6.45) is 1.98. The first kappa shape index (κ1) is 15.8. The predicted octanol–water partition coefficient (Wildman–Crippen LogP) is 2.44. The molecule has 1 saturated carbocycles. The first-order chi connectivity index (χ1) is 10.1. The lowest BCUT2D eigenvalue weighted by atomic mass is 10.1. The van der Waals surface area contributed by atoms with Crippen molar-refractivity contribution >= 4 is 23.6 Å². The Morgan fingerprint density at radius 3 is 2.62 bits per heavy atom. The molecule has 1 fully saturated rings. The van der Waals surface area contributed by atoms with Gasteiger partial charge in [0.25, 0.3) is 0 Å². The van der Waals surface area contributed by atoms with E-state index in [1.807, 2.05) is 0 Å². The van der Waals surface area contributed by atoms with Crippen LogP contribution < -0.4 is 5.32 Å². The minimum atomic E-state index is -0.532. The van der Waals surface area contributed by atoms with Gasteiger partial charge in [-0.25, -0.2) is 4.39 Å². The molecule has 1 amide bonds. The Bertz CT molecular complexity index is 502. The second kappa shape index (κ2) is 7.45. The zero-order valence-electron chi connectivity index (χ0n) is 11.8. The van der Waals surface area contributed by atoms with E-state index in [-0.39, 0.29) is 29.5 Å². The third kappa shape index (κ3) is 5.04. The normalized spacial score (nSPS) is 15.3. The van der Waals surface area contributed by atoms with Crippen molar-refractivity contribution < 1.29 is 18.7 Å². The molecule has 4 nitrogen and oxygen atoms in total. The van der Waals surface area contributed by atoms with Gasteiger partial charge in [0.1, 0.15) is 11.1 Å². The molecule has 21 heavy (non-hydrogen) atoms. The van der Waals surface area contributed by atoms with Gasteiger partial charge in [0.05, 0.1) is 12.4 Å². The number of hydrogen-bond acceptors (Lipinski definition) is 4. The largest absolute Gasteiger partial charge is 0.465 e. The van der Waals surface area contributed by atoms with Gasteiger partial charge in [-0.2, -0.15) is 0 Å². The van der Waals surface area contributed by atoms with Gasteiger partial charge >= 0.3 is 5.97 Å². The summed E-state index contributed by atoms with van der Waals surface area (Å²) >= 11 is 1.20. The summed E-state index contributed by atoms with van der Waals surface area (Å²) in [7, 11) is 0. The Hall–Kier alpha value is -1.56. The van der Waals surface area contributed by atoms with Gasteiger partial charge in [-0.05, 0) is 37.5 Å². The van der Waals surface area contributed by atoms with Gasteiger partial charge in [-0.15, -0.1) is 11.8 Å². The first-order valence-corrected chi connectivity index (χ1v) is 7.98. The maximum atomic E-state index is 13.0. The Morgan fingerprint density at radius 2 is 2.05 bits per heavy atom. The van der Waals surface area contributed by atoms with Crippen molar-refractivity contribution in [1.82, 2.24) is 5.32 Å². The molecule has 114 valence electrons. The highest BCUT2D eigenvalue weighted by molar-refractivity contribution is 8.00. The van der Waals surface area contributed by atoms with Crippen LogP contribution in [0.2, 0.25) is 0 Å². The lowest BCUT2D eigenvalue weighted by Crippen LogP contribution is -2.30. The molecule has 0 aromatic heterocycles. The van der Waals surface area contributed by atoms with Crippen molar-refractivity contribution in [2.75, 3.05) is 12.4 Å². The molecule has 0 radical (unpaired) electrons. The highest BCUT2D eigenvalue weighted by atomic mass is 32.2. The molecular weight excluding hydrogens is 293 g/mol. The minimum absolute atomic E-state index is 0.0912. The van der Waals surface area contributed by atoms with Crippen LogP contribution in [0.3, 0.4) is 0 Å². The van der Waals surface area contributed by atoms with Gasteiger partial charge in [-0.1, -0.05) is 12.1 Å². The molecule has 1 aliphatic rings. The fourth-order valence-corrected chi connectivity index (χ4v) is 2.77. The first-order valence-electron chi connectivity index (χ1n) is 6.93. The van der Waals surface area contributed by atoms with Crippen LogP contribution >= 0.6 is 11.8 Å². The van der Waals surface area contributed by atoms with Crippen molar-refractivity contribution in [1.29, 1.82) is 0 Å². The van der Waals surface area contributed by atoms with Crippen LogP contribution in [0.25, 0.3) is 0 Å². The van der Waals surface area contributed by atoms with Crippen molar-refractivity contribution in [3.63, 3.8) is 0 Å². The van der Waals surface area contributed by atoms with Gasteiger partial charge in [-0.3, -0.25) is 9.59 Å². The fourth-order valence-electron chi connectivity index (χ4n) is 1.82. The number of rotatable bonds is 7. The molecule has 0 spiro atoms. The molecular formula is C15H18FNO3S. The molecule has 2 rings (SSSR count). The average Bonchev–Trinajstić information content (AvgIpc) is 3.25. The summed E-state index contributed by atoms with van der Waals surface area (Å²) in [5, 5.41) is 2.39. The number of esters is 1. The van der Waals surface area contributed by atoms with Crippen molar-refractivity contribution in [2.45, 2.75) is 31.1 Å². The number of hydrogen-bond donors (Lipinski definition) is 1. The summed E-state index contributed by atoms with van der Waals surface area (Å²) in [4.78, 5) is 23.7. The number of thioether (sulfide) groups is 1. The number of ether oxygens (including phenoxy) is 1. The maximum absolute atomic E-state index is 13.0. The van der Waals surface area contributed by atoms with Crippen LogP contribution in [0, 0.1) is 5.82 Å². The molecule has 0 aliphatic heterocycles. The van der Waals surface area contributed by atoms with E-state index in [4.69, 9.17) is 4.74 Å². The van der Waals surface area contributed by atoms with Crippen LogP contribution in [-0.4, -0.2) is 30.3 Å². The molecule has 0 heterocycles. The number of amides is 1. The SMILES string of the molecule is CCOC(=O)CS[C@H](C(=O)NC1CC1)c1ccc(F)cc1. The Kier molecular flexibility index (Phi) is 5.61. The summed E-state index contributed by atoms with van der Waals surface area (Å²) in [5.41, 5.74) is 0.684. The van der Waals surface area contributed by atoms with Crippen LogP contribution in [0.1, 0.15) is 30.6 Å². The van der Waals surface area contributed by atoms with Gasteiger partial charge in [0.15, 0.2) is 0 Å². The average molecular weight is 311 g/mol. The summed E-state index contributed by atoms with van der Waals surface area (Å²) in [5.74, 6) is -0.753.